The van der Waals surface area contributed by atoms with Crippen molar-refractivity contribution in [2.75, 3.05) is 7.11 Å². The van der Waals surface area contributed by atoms with E-state index in [4.69, 9.17) is 5.11 Å². The first-order valence-electron chi connectivity index (χ1n) is 6.82. The van der Waals surface area contributed by atoms with E-state index in [1.54, 1.807) is 18.2 Å². The zero-order chi connectivity index (χ0) is 15.8. The maximum atomic E-state index is 11.4. The smallest absolute Gasteiger partial charge is 0.337 e. The van der Waals surface area contributed by atoms with Crippen LogP contribution in [0, 0.1) is 0 Å². The van der Waals surface area contributed by atoms with Crippen molar-refractivity contribution in [2.45, 2.75) is 38.8 Å². The van der Waals surface area contributed by atoms with E-state index in [0.29, 0.717) is 18.5 Å². The van der Waals surface area contributed by atoms with Crippen LogP contribution in [0.4, 0.5) is 0 Å². The third-order valence-electron chi connectivity index (χ3n) is 3.16. The Hall–Kier alpha value is -1.40. The van der Waals surface area contributed by atoms with Crippen molar-refractivity contribution in [1.82, 2.24) is 5.32 Å². The number of carboxylic acid groups (broad SMARTS) is 1. The highest BCUT2D eigenvalue weighted by Gasteiger charge is 2.16. The molecule has 1 rings (SSSR count). The number of hydrogen-bond donors (Lipinski definition) is 2. The molecule has 0 fully saturated rings. The molecule has 0 spiro atoms. The van der Waals surface area contributed by atoms with Gasteiger partial charge in [-0.3, -0.25) is 4.79 Å². The van der Waals surface area contributed by atoms with Gasteiger partial charge in [-0.1, -0.05) is 41.8 Å². The van der Waals surface area contributed by atoms with Crippen LogP contribution in [0.5, 0.6) is 0 Å². The SMILES string of the molecule is CCCC[C@H](NCc1ccc(C(=O)OC)cc1Br)C(=O)O. The number of carboxylic acids is 1. The molecule has 2 N–H and O–H groups in total. The standard InChI is InChI=1S/C15H20BrNO4/c1-3-4-5-13(14(18)19)17-9-11-7-6-10(8-12(11)16)15(20)21-2/h6-8,13,17H,3-5,9H2,1-2H3,(H,18,19)/t13-/m0/s1. The summed E-state index contributed by atoms with van der Waals surface area (Å²) in [4.78, 5) is 22.6. The molecule has 0 saturated carbocycles. The van der Waals surface area contributed by atoms with Gasteiger partial charge in [0, 0.05) is 11.0 Å². The van der Waals surface area contributed by atoms with Gasteiger partial charge in [-0.05, 0) is 24.1 Å². The molecule has 0 aliphatic rings. The number of nitrogens with one attached hydrogen (secondary N) is 1. The monoisotopic (exact) mass is 357 g/mol. The number of methoxy groups -OCH3 is 1. The maximum absolute atomic E-state index is 11.4. The van der Waals surface area contributed by atoms with Crippen LogP contribution < -0.4 is 5.32 Å². The Balaban J connectivity index is 2.70. The predicted octanol–water partition coefficient (Wildman–Crippen LogP) is 2.97. The summed E-state index contributed by atoms with van der Waals surface area (Å²) in [6.45, 7) is 2.45. The van der Waals surface area contributed by atoms with Crippen LogP contribution in [0.2, 0.25) is 0 Å². The lowest BCUT2D eigenvalue weighted by molar-refractivity contribution is -0.139. The number of halogens is 1. The average molecular weight is 358 g/mol. The van der Waals surface area contributed by atoms with Gasteiger partial charge < -0.3 is 15.2 Å². The fourth-order valence-corrected chi connectivity index (χ4v) is 2.41. The Morgan fingerprint density at radius 3 is 2.67 bits per heavy atom. The molecule has 0 radical (unpaired) electrons. The number of esters is 1. The van der Waals surface area contributed by atoms with E-state index in [9.17, 15) is 9.59 Å². The second-order valence-electron chi connectivity index (χ2n) is 4.71. The summed E-state index contributed by atoms with van der Waals surface area (Å²) in [5.41, 5.74) is 1.35. The fourth-order valence-electron chi connectivity index (χ4n) is 1.89. The summed E-state index contributed by atoms with van der Waals surface area (Å²) in [6.07, 6.45) is 2.43. The van der Waals surface area contributed by atoms with Gasteiger partial charge in [0.1, 0.15) is 6.04 Å². The van der Waals surface area contributed by atoms with Gasteiger partial charge in [0.15, 0.2) is 0 Å². The first-order chi connectivity index (χ1) is 9.99. The Labute approximate surface area is 132 Å². The van der Waals surface area contributed by atoms with E-state index in [1.807, 2.05) is 6.92 Å². The van der Waals surface area contributed by atoms with Crippen molar-refractivity contribution < 1.29 is 19.4 Å². The molecule has 116 valence electrons. The Morgan fingerprint density at radius 1 is 1.43 bits per heavy atom. The fraction of sp³-hybridized carbons (Fsp3) is 0.467. The summed E-state index contributed by atoms with van der Waals surface area (Å²) in [6, 6.07) is 4.56. The molecule has 0 aliphatic carbocycles. The van der Waals surface area contributed by atoms with Gasteiger partial charge in [0.2, 0.25) is 0 Å². The van der Waals surface area contributed by atoms with E-state index < -0.39 is 18.0 Å². The van der Waals surface area contributed by atoms with E-state index in [-0.39, 0.29) is 0 Å². The second-order valence-corrected chi connectivity index (χ2v) is 5.57. The predicted molar refractivity (Wildman–Crippen MR) is 83.3 cm³/mol. The van der Waals surface area contributed by atoms with Crippen molar-refractivity contribution in [2.24, 2.45) is 0 Å². The molecular formula is C15H20BrNO4. The molecule has 21 heavy (non-hydrogen) atoms. The molecule has 0 bridgehead atoms. The Kier molecular flexibility index (Phi) is 7.39. The van der Waals surface area contributed by atoms with Crippen LogP contribution >= 0.6 is 15.9 Å². The van der Waals surface area contributed by atoms with Crippen LogP contribution in [-0.4, -0.2) is 30.2 Å². The van der Waals surface area contributed by atoms with Gasteiger partial charge in [-0.25, -0.2) is 4.79 Å². The number of hydrogen-bond acceptors (Lipinski definition) is 4. The van der Waals surface area contributed by atoms with Gasteiger partial charge in [0.25, 0.3) is 0 Å². The normalized spacial score (nSPS) is 12.0. The molecule has 0 amide bonds. The second kappa shape index (κ2) is 8.79. The molecule has 0 aliphatic heterocycles. The number of unbranched alkanes of at least 4 members (excludes halogenated alkanes) is 1. The van der Waals surface area contributed by atoms with Crippen LogP contribution in [0.3, 0.4) is 0 Å². The minimum Gasteiger partial charge on any atom is -0.480 e. The molecule has 6 heteroatoms. The number of benzene rings is 1. The Morgan fingerprint density at radius 2 is 2.14 bits per heavy atom. The summed E-state index contributed by atoms with van der Waals surface area (Å²) >= 11 is 3.39. The quantitative estimate of drug-likeness (QED) is 0.699. The maximum Gasteiger partial charge on any atom is 0.337 e. The molecule has 1 atom stereocenters. The largest absolute Gasteiger partial charge is 0.480 e. The van der Waals surface area contributed by atoms with Crippen LogP contribution in [0.25, 0.3) is 0 Å². The highest BCUT2D eigenvalue weighted by molar-refractivity contribution is 9.10. The molecular weight excluding hydrogens is 338 g/mol. The van der Waals surface area contributed by atoms with Crippen LogP contribution in [-0.2, 0) is 16.1 Å². The molecule has 5 nitrogen and oxygen atoms in total. The lowest BCUT2D eigenvalue weighted by Crippen LogP contribution is -2.36. The topological polar surface area (TPSA) is 75.6 Å². The summed E-state index contributed by atoms with van der Waals surface area (Å²) < 4.78 is 5.40. The lowest BCUT2D eigenvalue weighted by atomic mass is 10.1. The highest BCUT2D eigenvalue weighted by atomic mass is 79.9. The van der Waals surface area contributed by atoms with E-state index in [1.165, 1.54) is 7.11 Å². The number of carbonyl (C=O) groups is 2. The van der Waals surface area contributed by atoms with E-state index >= 15 is 0 Å². The molecule has 1 aromatic rings. The van der Waals surface area contributed by atoms with E-state index in [2.05, 4.69) is 26.0 Å². The minimum atomic E-state index is -0.842. The molecule has 0 aromatic heterocycles. The van der Waals surface area contributed by atoms with Crippen LogP contribution in [0.15, 0.2) is 22.7 Å². The number of carbonyl (C=O) groups excluding carboxylic acids is 1. The van der Waals surface area contributed by atoms with Crippen molar-refractivity contribution in [1.29, 1.82) is 0 Å². The van der Waals surface area contributed by atoms with Gasteiger partial charge in [-0.2, -0.15) is 0 Å². The molecule has 0 heterocycles. The summed E-state index contributed by atoms with van der Waals surface area (Å²) in [5.74, 6) is -1.24. The van der Waals surface area contributed by atoms with Crippen molar-refractivity contribution in [3.8, 4) is 0 Å². The van der Waals surface area contributed by atoms with Crippen molar-refractivity contribution in [3.05, 3.63) is 33.8 Å². The summed E-state index contributed by atoms with van der Waals surface area (Å²) in [5, 5.41) is 12.2. The Bertz CT molecular complexity index is 504. The van der Waals surface area contributed by atoms with Gasteiger partial charge >= 0.3 is 11.9 Å². The summed E-state index contributed by atoms with van der Waals surface area (Å²) in [7, 11) is 1.33. The lowest BCUT2D eigenvalue weighted by Gasteiger charge is -2.15. The molecule has 1 aromatic carbocycles. The average Bonchev–Trinajstić information content (AvgIpc) is 2.47. The van der Waals surface area contributed by atoms with Crippen LogP contribution in [0.1, 0.15) is 42.1 Å². The van der Waals surface area contributed by atoms with Crippen molar-refractivity contribution >= 4 is 27.9 Å². The number of aliphatic carboxylic acids is 1. The number of ether oxygens (including phenoxy) is 1. The van der Waals surface area contributed by atoms with Crippen molar-refractivity contribution in [3.63, 3.8) is 0 Å². The zero-order valence-corrected chi connectivity index (χ0v) is 13.8. The van der Waals surface area contributed by atoms with Gasteiger partial charge in [0.05, 0.1) is 12.7 Å². The minimum absolute atomic E-state index is 0.401. The molecule has 0 saturated heterocycles. The van der Waals surface area contributed by atoms with E-state index in [0.717, 1.165) is 22.9 Å². The third kappa shape index (κ3) is 5.47. The number of rotatable bonds is 8. The first-order valence-corrected chi connectivity index (χ1v) is 7.61. The highest BCUT2D eigenvalue weighted by Crippen LogP contribution is 2.19. The molecule has 0 unspecified atom stereocenters. The third-order valence-corrected chi connectivity index (χ3v) is 3.90. The zero-order valence-electron chi connectivity index (χ0n) is 12.2. The van der Waals surface area contributed by atoms with Gasteiger partial charge in [-0.15, -0.1) is 0 Å². The first kappa shape index (κ1) is 17.7.